The summed E-state index contributed by atoms with van der Waals surface area (Å²) in [6, 6.07) is 0. The first-order chi connectivity index (χ1) is 23.5. The molecule has 0 saturated heterocycles. The van der Waals surface area contributed by atoms with Crippen LogP contribution in [-0.4, -0.2) is 128 Å². The van der Waals surface area contributed by atoms with Gasteiger partial charge in [0.05, 0.1) is 59.5 Å². The zero-order valence-electron chi connectivity index (χ0n) is 29.1. The Morgan fingerprint density at radius 2 is 1.10 bits per heavy atom. The average Bonchev–Trinajstić information content (AvgIpc) is 3.12. The van der Waals surface area contributed by atoms with Crippen molar-refractivity contribution in [2.75, 3.05) is 128 Å². The van der Waals surface area contributed by atoms with E-state index in [0.717, 1.165) is 31.9 Å². The Labute approximate surface area is 290 Å². The van der Waals surface area contributed by atoms with Gasteiger partial charge in [-0.05, 0) is 26.4 Å². The molecule has 3 atom stereocenters. The van der Waals surface area contributed by atoms with E-state index in [9.17, 15) is 18.3 Å². The Morgan fingerprint density at radius 1 is 0.592 bits per heavy atom. The maximum absolute atomic E-state index is 12.9. The van der Waals surface area contributed by atoms with Crippen LogP contribution in [0, 0.1) is 5.92 Å². The maximum atomic E-state index is 12.9. The number of nitrogens with one attached hydrogen (secondary N) is 1. The first-order valence-corrected chi connectivity index (χ1v) is 20.6. The summed E-state index contributed by atoms with van der Waals surface area (Å²) in [6.45, 7) is 1.96. The number of rotatable bonds is 37. The summed E-state index contributed by atoms with van der Waals surface area (Å²) in [7, 11) is -5.65. The van der Waals surface area contributed by atoms with Crippen LogP contribution in [0.4, 0.5) is 0 Å². The van der Waals surface area contributed by atoms with Crippen LogP contribution in [0.1, 0.15) is 19.3 Å². The SMILES string of the molecule is CNCCCCC(CO[P+](=O)OCCOCCOCCOP(=O)(OC)OC)COP(=O)(OC)O/C=C/OCCOCCOP(=O)(OC)OC. The maximum Gasteiger partial charge on any atom is 0.697 e. The lowest BCUT2D eigenvalue weighted by molar-refractivity contribution is 0.0212. The lowest BCUT2D eigenvalue weighted by atomic mass is 10.0. The molecule has 49 heavy (non-hydrogen) atoms. The summed E-state index contributed by atoms with van der Waals surface area (Å²) >= 11 is 0. The van der Waals surface area contributed by atoms with Crippen LogP contribution in [0.3, 0.4) is 0 Å². The summed E-state index contributed by atoms with van der Waals surface area (Å²) in [4.78, 5) is 0. The van der Waals surface area contributed by atoms with Gasteiger partial charge in [0.25, 0.3) is 0 Å². The molecule has 0 aliphatic heterocycles. The molecule has 0 saturated carbocycles. The van der Waals surface area contributed by atoms with Gasteiger partial charge in [0.1, 0.15) is 32.3 Å². The molecule has 0 radical (unpaired) electrons. The van der Waals surface area contributed by atoms with Crippen LogP contribution in [0.2, 0.25) is 0 Å². The quantitative estimate of drug-likeness (QED) is 0.0505. The van der Waals surface area contributed by atoms with Crippen molar-refractivity contribution >= 4 is 31.7 Å². The van der Waals surface area contributed by atoms with Gasteiger partial charge in [0.2, 0.25) is 0 Å². The number of hydrogen-bond acceptors (Lipinski definition) is 20. The molecule has 0 spiro atoms. The van der Waals surface area contributed by atoms with Gasteiger partial charge < -0.3 is 28.8 Å². The fourth-order valence-electron chi connectivity index (χ4n) is 3.16. The van der Waals surface area contributed by atoms with Gasteiger partial charge in [0, 0.05) is 46.0 Å². The minimum atomic E-state index is -3.98. The second-order valence-electron chi connectivity index (χ2n) is 9.12. The summed E-state index contributed by atoms with van der Waals surface area (Å²) in [5.41, 5.74) is 0. The molecule has 0 aliphatic carbocycles. The minimum absolute atomic E-state index is 0.00674. The molecule has 0 bridgehead atoms. The lowest BCUT2D eigenvalue weighted by Gasteiger charge is -2.18. The topological polar surface area (TPSA) is 219 Å². The third kappa shape index (κ3) is 26.9. The van der Waals surface area contributed by atoms with Crippen LogP contribution in [0.5, 0.6) is 0 Å². The van der Waals surface area contributed by atoms with E-state index in [-0.39, 0.29) is 85.2 Å². The Bertz CT molecular complexity index is 978. The molecular formula is C25H54NO19P4+. The van der Waals surface area contributed by atoms with Crippen molar-refractivity contribution in [3.63, 3.8) is 0 Å². The third-order valence-electron chi connectivity index (χ3n) is 5.73. The zero-order valence-corrected chi connectivity index (χ0v) is 32.7. The van der Waals surface area contributed by atoms with E-state index in [2.05, 4.69) is 23.4 Å². The highest BCUT2D eigenvalue weighted by Gasteiger charge is 2.29. The fourth-order valence-corrected chi connectivity index (χ4v) is 5.95. The van der Waals surface area contributed by atoms with Crippen LogP contribution in [0.25, 0.3) is 0 Å². The van der Waals surface area contributed by atoms with Gasteiger partial charge in [-0.1, -0.05) is 6.42 Å². The highest BCUT2D eigenvalue weighted by atomic mass is 31.2. The van der Waals surface area contributed by atoms with Gasteiger partial charge in [-0.25, -0.2) is 13.7 Å². The van der Waals surface area contributed by atoms with Gasteiger partial charge in [-0.3, -0.25) is 36.2 Å². The molecule has 292 valence electrons. The minimum Gasteiger partial charge on any atom is -0.496 e. The van der Waals surface area contributed by atoms with Gasteiger partial charge in [0.15, 0.2) is 0 Å². The Hall–Kier alpha value is -0.430. The predicted molar refractivity (Wildman–Crippen MR) is 175 cm³/mol. The van der Waals surface area contributed by atoms with Crippen molar-refractivity contribution in [3.8, 4) is 0 Å². The summed E-state index contributed by atoms with van der Waals surface area (Å²) in [5.74, 6) is -0.298. The van der Waals surface area contributed by atoms with E-state index in [1.54, 1.807) is 0 Å². The van der Waals surface area contributed by atoms with Gasteiger partial charge >= 0.3 is 31.7 Å². The molecule has 24 heteroatoms. The first-order valence-electron chi connectivity index (χ1n) is 15.1. The van der Waals surface area contributed by atoms with Crippen LogP contribution < -0.4 is 5.32 Å². The Kier molecular flexibility index (Phi) is 30.9. The summed E-state index contributed by atoms with van der Waals surface area (Å²) in [5, 5.41) is 3.07. The second kappa shape index (κ2) is 31.1. The highest BCUT2D eigenvalue weighted by molar-refractivity contribution is 7.49. The molecule has 1 N–H and O–H groups in total. The molecule has 20 nitrogen and oxygen atoms in total. The van der Waals surface area contributed by atoms with Crippen molar-refractivity contribution < 1.29 is 87.0 Å². The van der Waals surface area contributed by atoms with E-state index < -0.39 is 31.7 Å². The van der Waals surface area contributed by atoms with E-state index >= 15 is 0 Å². The average molecular weight is 797 g/mol. The van der Waals surface area contributed by atoms with Gasteiger partial charge in [-0.2, -0.15) is 0 Å². The number of hydrogen-bond donors (Lipinski definition) is 1. The van der Waals surface area contributed by atoms with Crippen LogP contribution >= 0.6 is 31.7 Å². The molecular weight excluding hydrogens is 742 g/mol. The predicted octanol–water partition coefficient (Wildman–Crippen LogP) is 4.84. The smallest absolute Gasteiger partial charge is 0.496 e. The molecule has 0 amide bonds. The van der Waals surface area contributed by atoms with Crippen molar-refractivity contribution in [2.45, 2.75) is 19.3 Å². The fraction of sp³-hybridized carbons (Fsp3) is 0.920. The third-order valence-corrected chi connectivity index (χ3v) is 10.6. The van der Waals surface area contributed by atoms with E-state index in [1.165, 1.54) is 35.5 Å². The van der Waals surface area contributed by atoms with E-state index in [1.807, 2.05) is 7.05 Å². The standard InChI is InChI=1S/C25H54NO19P4/c1-26-10-8-7-9-25(23-41-46(27)40-19-15-36-11-12-37-16-20-42-47(28,31-2)32-3)24-45-49(30,35-6)44-22-18-39-14-13-38-17-21-43-48(29,33-4)34-5/h18,22,25-26H,7-17,19-21,23-24H2,1-6H3/q+1/b22-18+. The first kappa shape index (κ1) is 48.6. The van der Waals surface area contributed by atoms with Gasteiger partial charge in [-0.15, -0.1) is 9.05 Å². The van der Waals surface area contributed by atoms with Crippen molar-refractivity contribution in [3.05, 3.63) is 12.5 Å². The molecule has 0 aromatic rings. The van der Waals surface area contributed by atoms with Crippen LogP contribution in [0.15, 0.2) is 12.5 Å². The van der Waals surface area contributed by atoms with E-state index in [0.29, 0.717) is 6.42 Å². The van der Waals surface area contributed by atoms with Crippen molar-refractivity contribution in [2.24, 2.45) is 5.92 Å². The molecule has 0 aromatic carbocycles. The molecule has 3 unspecified atom stereocenters. The Balaban J connectivity index is 4.34. The largest absolute Gasteiger partial charge is 0.697 e. The Morgan fingerprint density at radius 3 is 1.63 bits per heavy atom. The summed E-state index contributed by atoms with van der Waals surface area (Å²) in [6.07, 6.45) is 4.47. The lowest BCUT2D eigenvalue weighted by Crippen LogP contribution is -2.16. The molecule has 0 aromatic heterocycles. The summed E-state index contributed by atoms with van der Waals surface area (Å²) < 4.78 is 124. The number of ether oxygens (including phenoxy) is 4. The zero-order chi connectivity index (χ0) is 36.7. The monoisotopic (exact) mass is 796 g/mol. The second-order valence-corrected chi connectivity index (χ2v) is 15.6. The van der Waals surface area contributed by atoms with E-state index in [4.69, 9.17) is 50.6 Å². The molecule has 0 heterocycles. The normalized spacial score (nSPS) is 14.6. The highest BCUT2D eigenvalue weighted by Crippen LogP contribution is 2.50. The molecule has 0 rings (SSSR count). The number of phosphoric ester groups is 3. The van der Waals surface area contributed by atoms with Crippen molar-refractivity contribution in [1.29, 1.82) is 0 Å². The molecule has 0 fully saturated rings. The number of phosphoric acid groups is 3. The van der Waals surface area contributed by atoms with Crippen LogP contribution in [-0.2, 0) is 87.0 Å². The van der Waals surface area contributed by atoms with Crippen molar-refractivity contribution in [1.82, 2.24) is 5.32 Å². The number of unbranched alkanes of at least 4 members (excludes halogenated alkanes) is 1. The molecule has 0 aliphatic rings.